The molecule has 3 rings (SSSR count). The monoisotopic (exact) mass is 393 g/mol. The molecule has 1 aromatic carbocycles. The highest BCUT2D eigenvalue weighted by Crippen LogP contribution is 2.11. The summed E-state index contributed by atoms with van der Waals surface area (Å²) >= 11 is 0. The van der Waals surface area contributed by atoms with E-state index >= 15 is 0 Å². The van der Waals surface area contributed by atoms with Crippen molar-refractivity contribution in [1.29, 1.82) is 0 Å². The second-order valence-corrected chi connectivity index (χ2v) is 8.59. The second-order valence-electron chi connectivity index (χ2n) is 6.36. The van der Waals surface area contributed by atoms with Gasteiger partial charge in [-0.15, -0.1) is 0 Å². The molecule has 9 nitrogen and oxygen atoms in total. The lowest BCUT2D eigenvalue weighted by molar-refractivity contribution is -0.148. The summed E-state index contributed by atoms with van der Waals surface area (Å²) in [5, 5.41) is 3.00. The number of fused-ring (bicyclic) bond motifs is 1. The number of aromatic amines is 1. The van der Waals surface area contributed by atoms with Crippen LogP contribution in [-0.4, -0.2) is 54.4 Å². The van der Waals surface area contributed by atoms with Crippen molar-refractivity contribution < 1.29 is 22.7 Å². The summed E-state index contributed by atoms with van der Waals surface area (Å²) < 4.78 is 27.6. The maximum atomic E-state index is 12.0. The predicted molar refractivity (Wildman–Crippen MR) is 96.8 cm³/mol. The first kappa shape index (κ1) is 19.0. The molecule has 0 bridgehead atoms. The van der Waals surface area contributed by atoms with Gasteiger partial charge in [-0.25, -0.2) is 13.4 Å². The number of sulfone groups is 1. The summed E-state index contributed by atoms with van der Waals surface area (Å²) in [6.07, 6.45) is 0.483. The Kier molecular flexibility index (Phi) is 5.54. The van der Waals surface area contributed by atoms with Gasteiger partial charge >= 0.3 is 5.97 Å². The van der Waals surface area contributed by atoms with Crippen LogP contribution in [0.15, 0.2) is 29.1 Å². The highest BCUT2D eigenvalue weighted by Gasteiger charge is 2.29. The van der Waals surface area contributed by atoms with Gasteiger partial charge in [-0.3, -0.25) is 14.4 Å². The Bertz CT molecular complexity index is 1030. The average molecular weight is 393 g/mol. The number of para-hydroxylation sites is 1. The van der Waals surface area contributed by atoms with Crippen molar-refractivity contribution in [2.75, 3.05) is 18.1 Å². The van der Waals surface area contributed by atoms with E-state index in [1.165, 1.54) is 0 Å². The van der Waals surface area contributed by atoms with Crippen LogP contribution < -0.4 is 10.9 Å². The number of aryl methyl sites for hydroxylation is 1. The van der Waals surface area contributed by atoms with Crippen LogP contribution in [0.3, 0.4) is 0 Å². The van der Waals surface area contributed by atoms with Crippen LogP contribution in [0.25, 0.3) is 10.9 Å². The highest BCUT2D eigenvalue weighted by molar-refractivity contribution is 7.91. The molecule has 0 spiro atoms. The van der Waals surface area contributed by atoms with Crippen LogP contribution in [0, 0.1) is 0 Å². The number of rotatable bonds is 6. The van der Waals surface area contributed by atoms with Crippen molar-refractivity contribution in [1.82, 2.24) is 15.3 Å². The van der Waals surface area contributed by atoms with E-state index in [1.54, 1.807) is 24.3 Å². The number of hydrogen-bond donors (Lipinski definition) is 2. The third kappa shape index (κ3) is 5.13. The lowest BCUT2D eigenvalue weighted by Crippen LogP contribution is -2.38. The van der Waals surface area contributed by atoms with Crippen LogP contribution in [0.1, 0.15) is 18.7 Å². The molecule has 0 radical (unpaired) electrons. The zero-order valence-electron chi connectivity index (χ0n) is 14.4. The van der Waals surface area contributed by atoms with Crippen LogP contribution in [0.2, 0.25) is 0 Å². The number of amides is 1. The molecular weight excluding hydrogens is 374 g/mol. The van der Waals surface area contributed by atoms with Gasteiger partial charge in [0.15, 0.2) is 16.4 Å². The van der Waals surface area contributed by atoms with Crippen LogP contribution in [0.4, 0.5) is 0 Å². The lowest BCUT2D eigenvalue weighted by atomic mass is 10.2. The summed E-state index contributed by atoms with van der Waals surface area (Å²) in [5.41, 5.74) is 0.255. The van der Waals surface area contributed by atoms with Crippen molar-refractivity contribution >= 4 is 32.6 Å². The molecule has 2 heterocycles. The number of carbonyl (C=O) groups excluding carboxylic acids is 2. The van der Waals surface area contributed by atoms with Crippen molar-refractivity contribution in [2.24, 2.45) is 0 Å². The second kappa shape index (κ2) is 7.87. The van der Waals surface area contributed by atoms with Crippen molar-refractivity contribution in [3.05, 3.63) is 40.4 Å². The molecule has 1 amide bonds. The van der Waals surface area contributed by atoms with Gasteiger partial charge in [-0.2, -0.15) is 0 Å². The first-order valence-corrected chi connectivity index (χ1v) is 10.3. The third-order valence-corrected chi connectivity index (χ3v) is 5.96. The normalized spacial score (nSPS) is 18.3. The third-order valence-electron chi connectivity index (χ3n) is 4.19. The minimum Gasteiger partial charge on any atom is -0.456 e. The number of benzene rings is 1. The molecule has 1 aromatic heterocycles. The van der Waals surface area contributed by atoms with Crippen molar-refractivity contribution in [3.8, 4) is 0 Å². The van der Waals surface area contributed by atoms with Gasteiger partial charge in [0, 0.05) is 12.5 Å². The fourth-order valence-corrected chi connectivity index (χ4v) is 4.54. The first-order valence-electron chi connectivity index (χ1n) is 8.46. The standard InChI is InChI=1S/C17H19N3O6S/c21-15(18-11-7-8-27(24,25)10-11)9-26-16(22)6-5-14-19-13-4-2-1-3-12(13)17(23)20-14/h1-4,11H,5-10H2,(H,18,21)(H,19,20,23)/t11-/m1/s1. The smallest absolute Gasteiger partial charge is 0.306 e. The minimum absolute atomic E-state index is 0.0492. The molecule has 1 aliphatic heterocycles. The highest BCUT2D eigenvalue weighted by atomic mass is 32.2. The lowest BCUT2D eigenvalue weighted by Gasteiger charge is -2.11. The number of carbonyl (C=O) groups is 2. The molecule has 0 unspecified atom stereocenters. The predicted octanol–water partition coefficient (Wildman–Crippen LogP) is -0.298. The Balaban J connectivity index is 1.46. The zero-order valence-corrected chi connectivity index (χ0v) is 15.3. The summed E-state index contributed by atoms with van der Waals surface area (Å²) in [6, 6.07) is 6.43. The van der Waals surface area contributed by atoms with E-state index in [4.69, 9.17) is 4.74 Å². The number of aromatic nitrogens is 2. The van der Waals surface area contributed by atoms with Crippen LogP contribution >= 0.6 is 0 Å². The maximum absolute atomic E-state index is 12.0. The molecule has 10 heteroatoms. The number of hydrogen-bond acceptors (Lipinski definition) is 7. The van der Waals surface area contributed by atoms with Crippen LogP contribution in [-0.2, 0) is 30.6 Å². The maximum Gasteiger partial charge on any atom is 0.306 e. The van der Waals surface area contributed by atoms with E-state index in [9.17, 15) is 22.8 Å². The van der Waals surface area contributed by atoms with E-state index in [-0.39, 0.29) is 29.9 Å². The van der Waals surface area contributed by atoms with Gasteiger partial charge in [0.05, 0.1) is 28.8 Å². The Morgan fingerprint density at radius 2 is 2.07 bits per heavy atom. The van der Waals surface area contributed by atoms with E-state index in [0.717, 1.165) is 0 Å². The minimum atomic E-state index is -3.09. The Labute approximate surface area is 155 Å². The van der Waals surface area contributed by atoms with Gasteiger partial charge in [0.1, 0.15) is 5.82 Å². The number of nitrogens with one attached hydrogen (secondary N) is 2. The Morgan fingerprint density at radius 3 is 2.81 bits per heavy atom. The molecule has 144 valence electrons. The number of H-pyrrole nitrogens is 1. The van der Waals surface area contributed by atoms with Crippen molar-refractivity contribution in [2.45, 2.75) is 25.3 Å². The molecule has 1 saturated heterocycles. The Morgan fingerprint density at radius 1 is 1.30 bits per heavy atom. The fourth-order valence-electron chi connectivity index (χ4n) is 2.87. The largest absolute Gasteiger partial charge is 0.456 e. The summed E-state index contributed by atoms with van der Waals surface area (Å²) in [4.78, 5) is 42.4. The SMILES string of the molecule is O=C(COC(=O)CCc1nc2ccccc2c(=O)[nH]1)N[C@@H]1CCS(=O)(=O)C1. The van der Waals surface area contributed by atoms with Gasteiger partial charge in [-0.1, -0.05) is 12.1 Å². The molecule has 2 aromatic rings. The molecule has 1 atom stereocenters. The molecular formula is C17H19N3O6S. The Hall–Kier alpha value is -2.75. The van der Waals surface area contributed by atoms with Gasteiger partial charge in [-0.05, 0) is 18.6 Å². The molecule has 1 aliphatic rings. The van der Waals surface area contributed by atoms with E-state index < -0.39 is 34.4 Å². The fraction of sp³-hybridized carbons (Fsp3) is 0.412. The summed E-state index contributed by atoms with van der Waals surface area (Å²) in [5.74, 6) is -0.832. The van der Waals surface area contributed by atoms with Crippen molar-refractivity contribution in [3.63, 3.8) is 0 Å². The van der Waals surface area contributed by atoms with E-state index in [2.05, 4.69) is 15.3 Å². The van der Waals surface area contributed by atoms with Gasteiger partial charge in [0.25, 0.3) is 11.5 Å². The quantitative estimate of drug-likeness (QED) is 0.643. The first-order chi connectivity index (χ1) is 12.8. The molecule has 0 saturated carbocycles. The number of nitrogens with zero attached hydrogens (tertiary/aromatic N) is 1. The van der Waals surface area contributed by atoms with E-state index in [1.807, 2.05) is 0 Å². The summed E-state index contributed by atoms with van der Waals surface area (Å²) in [6.45, 7) is -0.475. The summed E-state index contributed by atoms with van der Waals surface area (Å²) in [7, 11) is -3.09. The molecule has 0 aliphatic carbocycles. The van der Waals surface area contributed by atoms with Crippen LogP contribution in [0.5, 0.6) is 0 Å². The molecule has 27 heavy (non-hydrogen) atoms. The topological polar surface area (TPSA) is 135 Å². The molecule has 2 N–H and O–H groups in total. The number of esters is 1. The zero-order chi connectivity index (χ0) is 19.4. The average Bonchev–Trinajstić information content (AvgIpc) is 2.96. The van der Waals surface area contributed by atoms with E-state index in [0.29, 0.717) is 23.1 Å². The van der Waals surface area contributed by atoms with Gasteiger partial charge in [0.2, 0.25) is 0 Å². The molecule has 1 fully saturated rings. The number of ether oxygens (including phenoxy) is 1. The van der Waals surface area contributed by atoms with Gasteiger partial charge < -0.3 is 15.0 Å².